The van der Waals surface area contributed by atoms with Crippen LogP contribution in [0.15, 0.2) is 72.9 Å². The van der Waals surface area contributed by atoms with Gasteiger partial charge in [0.25, 0.3) is 5.91 Å². The Balaban J connectivity index is 1.56. The minimum absolute atomic E-state index is 0.149. The summed E-state index contributed by atoms with van der Waals surface area (Å²) in [6.07, 6.45) is 3.00. The molecule has 0 unspecified atom stereocenters. The quantitative estimate of drug-likeness (QED) is 0.203. The van der Waals surface area contributed by atoms with E-state index in [0.29, 0.717) is 45.2 Å². The van der Waals surface area contributed by atoms with Crippen LogP contribution in [0.4, 0.5) is 8.78 Å². The standard InChI is InChI=1S/C32H35F2N3O4/c1-3-41-28-11-9-23(10-12-28)21-36(15-13-24-20-35-30-8-5-4-7-29(24)30)31(38)22-37(14-6-16-40-2)32(39)25-17-26(33)19-27(34)18-25/h4-5,7-12,17-20,35H,3,6,13-16,21-22H2,1-2H3. The summed E-state index contributed by atoms with van der Waals surface area (Å²) in [6, 6.07) is 18.2. The van der Waals surface area contributed by atoms with Crippen molar-refractivity contribution >= 4 is 22.7 Å². The molecule has 41 heavy (non-hydrogen) atoms. The molecule has 0 saturated heterocycles. The van der Waals surface area contributed by atoms with Gasteiger partial charge >= 0.3 is 0 Å². The lowest BCUT2D eigenvalue weighted by atomic mass is 10.1. The Hall–Kier alpha value is -4.24. The van der Waals surface area contributed by atoms with E-state index in [1.54, 1.807) is 12.0 Å². The minimum atomic E-state index is -0.854. The van der Waals surface area contributed by atoms with Crippen molar-refractivity contribution in [2.24, 2.45) is 0 Å². The lowest BCUT2D eigenvalue weighted by Gasteiger charge is -2.28. The van der Waals surface area contributed by atoms with Crippen LogP contribution in [0.5, 0.6) is 5.75 Å². The number of para-hydroxylation sites is 1. The first-order valence-corrected chi connectivity index (χ1v) is 13.7. The number of amides is 2. The molecule has 2 amide bonds. The molecule has 3 aromatic carbocycles. The van der Waals surface area contributed by atoms with Crippen molar-refractivity contribution in [2.75, 3.05) is 40.0 Å². The second-order valence-corrected chi connectivity index (χ2v) is 9.73. The average Bonchev–Trinajstić information content (AvgIpc) is 3.38. The van der Waals surface area contributed by atoms with Crippen LogP contribution in [-0.2, 0) is 22.5 Å². The molecular formula is C32H35F2N3O4. The molecule has 9 heteroatoms. The van der Waals surface area contributed by atoms with E-state index in [9.17, 15) is 18.4 Å². The number of halogens is 2. The second-order valence-electron chi connectivity index (χ2n) is 9.73. The van der Waals surface area contributed by atoms with Crippen LogP contribution in [0.1, 0.15) is 34.8 Å². The van der Waals surface area contributed by atoms with Gasteiger partial charge in [0, 0.05) is 62.1 Å². The lowest BCUT2D eigenvalue weighted by Crippen LogP contribution is -2.44. The third kappa shape index (κ3) is 8.14. The Bertz CT molecular complexity index is 1430. The van der Waals surface area contributed by atoms with Gasteiger partial charge in [0.15, 0.2) is 0 Å². The molecule has 0 aliphatic rings. The fourth-order valence-corrected chi connectivity index (χ4v) is 4.74. The monoisotopic (exact) mass is 563 g/mol. The molecule has 0 saturated carbocycles. The van der Waals surface area contributed by atoms with E-state index in [2.05, 4.69) is 4.98 Å². The van der Waals surface area contributed by atoms with Crippen LogP contribution in [0.25, 0.3) is 10.9 Å². The van der Waals surface area contributed by atoms with Gasteiger partial charge in [0.05, 0.1) is 6.61 Å². The number of hydrogen-bond acceptors (Lipinski definition) is 4. The van der Waals surface area contributed by atoms with Gasteiger partial charge in [-0.3, -0.25) is 9.59 Å². The number of nitrogens with zero attached hydrogens (tertiary/aromatic N) is 2. The SMILES string of the molecule is CCOc1ccc(CN(CCc2c[nH]c3ccccc23)C(=O)CN(CCCOC)C(=O)c2cc(F)cc(F)c2)cc1. The highest BCUT2D eigenvalue weighted by Crippen LogP contribution is 2.20. The molecule has 1 N–H and O–H groups in total. The van der Waals surface area contributed by atoms with Gasteiger partial charge in [-0.1, -0.05) is 30.3 Å². The number of carbonyl (C=O) groups is 2. The smallest absolute Gasteiger partial charge is 0.254 e. The Labute approximate surface area is 238 Å². The maximum atomic E-state index is 13.9. The molecule has 0 spiro atoms. The van der Waals surface area contributed by atoms with Crippen LogP contribution in [0.3, 0.4) is 0 Å². The van der Waals surface area contributed by atoms with E-state index in [1.807, 2.05) is 61.7 Å². The minimum Gasteiger partial charge on any atom is -0.494 e. The molecule has 1 aromatic heterocycles. The van der Waals surface area contributed by atoms with Gasteiger partial charge in [-0.25, -0.2) is 8.78 Å². The number of hydrogen-bond donors (Lipinski definition) is 1. The summed E-state index contributed by atoms with van der Waals surface area (Å²) in [5.74, 6) is -1.86. The largest absolute Gasteiger partial charge is 0.494 e. The first kappa shape index (κ1) is 29.7. The number of rotatable bonds is 14. The number of aromatic amines is 1. The van der Waals surface area contributed by atoms with Gasteiger partial charge < -0.3 is 24.3 Å². The Morgan fingerprint density at radius 3 is 2.37 bits per heavy atom. The molecule has 4 rings (SSSR count). The fourth-order valence-electron chi connectivity index (χ4n) is 4.74. The maximum absolute atomic E-state index is 13.9. The maximum Gasteiger partial charge on any atom is 0.254 e. The predicted molar refractivity (Wildman–Crippen MR) is 154 cm³/mol. The van der Waals surface area contributed by atoms with Crippen LogP contribution in [0.2, 0.25) is 0 Å². The van der Waals surface area contributed by atoms with Gasteiger partial charge in [0.1, 0.15) is 23.9 Å². The van der Waals surface area contributed by atoms with Crippen molar-refractivity contribution in [3.05, 3.63) is 101 Å². The van der Waals surface area contributed by atoms with E-state index >= 15 is 0 Å². The van der Waals surface area contributed by atoms with Gasteiger partial charge in [-0.2, -0.15) is 0 Å². The van der Waals surface area contributed by atoms with E-state index in [0.717, 1.165) is 39.9 Å². The van der Waals surface area contributed by atoms with Crippen molar-refractivity contribution < 1.29 is 27.8 Å². The van der Waals surface area contributed by atoms with E-state index in [4.69, 9.17) is 9.47 Å². The molecule has 0 bridgehead atoms. The van der Waals surface area contributed by atoms with Crippen LogP contribution in [0, 0.1) is 11.6 Å². The number of methoxy groups -OCH3 is 1. The van der Waals surface area contributed by atoms with Crippen molar-refractivity contribution in [2.45, 2.75) is 26.3 Å². The van der Waals surface area contributed by atoms with Gasteiger partial charge in [-0.05, 0) is 61.2 Å². The molecule has 0 aliphatic heterocycles. The molecule has 0 aliphatic carbocycles. The normalized spacial score (nSPS) is 11.0. The summed E-state index contributed by atoms with van der Waals surface area (Å²) >= 11 is 0. The number of H-pyrrole nitrogens is 1. The molecule has 216 valence electrons. The highest BCUT2D eigenvalue weighted by molar-refractivity contribution is 5.96. The van der Waals surface area contributed by atoms with E-state index in [1.165, 1.54) is 4.90 Å². The van der Waals surface area contributed by atoms with Crippen LogP contribution < -0.4 is 4.74 Å². The van der Waals surface area contributed by atoms with E-state index < -0.39 is 17.5 Å². The zero-order valence-corrected chi connectivity index (χ0v) is 23.4. The Kier molecular flexibility index (Phi) is 10.5. The van der Waals surface area contributed by atoms with Crippen molar-refractivity contribution in [3.63, 3.8) is 0 Å². The molecular weight excluding hydrogens is 528 g/mol. The number of nitrogens with one attached hydrogen (secondary N) is 1. The number of carbonyl (C=O) groups excluding carboxylic acids is 2. The highest BCUT2D eigenvalue weighted by Gasteiger charge is 2.24. The number of fused-ring (bicyclic) bond motifs is 1. The first-order chi connectivity index (χ1) is 19.9. The lowest BCUT2D eigenvalue weighted by molar-refractivity contribution is -0.132. The predicted octanol–water partition coefficient (Wildman–Crippen LogP) is 5.60. The van der Waals surface area contributed by atoms with Crippen molar-refractivity contribution in [1.29, 1.82) is 0 Å². The first-order valence-electron chi connectivity index (χ1n) is 13.7. The summed E-state index contributed by atoms with van der Waals surface area (Å²) in [6.45, 7) is 3.51. The Morgan fingerprint density at radius 2 is 1.66 bits per heavy atom. The van der Waals surface area contributed by atoms with Gasteiger partial charge in [0.2, 0.25) is 5.91 Å². The highest BCUT2D eigenvalue weighted by atomic mass is 19.1. The Morgan fingerprint density at radius 1 is 0.927 bits per heavy atom. The summed E-state index contributed by atoms with van der Waals surface area (Å²) in [7, 11) is 1.54. The number of benzene rings is 3. The second kappa shape index (κ2) is 14.4. The molecule has 7 nitrogen and oxygen atoms in total. The zero-order chi connectivity index (χ0) is 29.2. The van der Waals surface area contributed by atoms with E-state index in [-0.39, 0.29) is 24.6 Å². The van der Waals surface area contributed by atoms with Crippen molar-refractivity contribution in [3.8, 4) is 5.75 Å². The molecule has 1 heterocycles. The van der Waals surface area contributed by atoms with Crippen LogP contribution >= 0.6 is 0 Å². The molecule has 0 atom stereocenters. The van der Waals surface area contributed by atoms with Gasteiger partial charge in [-0.15, -0.1) is 0 Å². The third-order valence-corrected chi connectivity index (χ3v) is 6.79. The fraction of sp³-hybridized carbons (Fsp3) is 0.312. The zero-order valence-electron chi connectivity index (χ0n) is 23.4. The number of aromatic nitrogens is 1. The summed E-state index contributed by atoms with van der Waals surface area (Å²) in [5.41, 5.74) is 2.85. The summed E-state index contributed by atoms with van der Waals surface area (Å²) in [5, 5.41) is 1.09. The number of ether oxygens (including phenoxy) is 2. The third-order valence-electron chi connectivity index (χ3n) is 6.79. The molecule has 4 aromatic rings. The average molecular weight is 564 g/mol. The summed E-state index contributed by atoms with van der Waals surface area (Å²) in [4.78, 5) is 33.4. The molecule has 0 radical (unpaired) electrons. The van der Waals surface area contributed by atoms with Crippen molar-refractivity contribution in [1.82, 2.24) is 14.8 Å². The van der Waals surface area contributed by atoms with Crippen LogP contribution in [-0.4, -0.2) is 66.6 Å². The summed E-state index contributed by atoms with van der Waals surface area (Å²) < 4.78 is 38.5. The topological polar surface area (TPSA) is 74.9 Å². The molecule has 0 fully saturated rings.